The van der Waals surface area contributed by atoms with E-state index in [4.69, 9.17) is 4.74 Å². The van der Waals surface area contributed by atoms with Crippen molar-refractivity contribution in [1.82, 2.24) is 0 Å². The molecule has 0 amide bonds. The van der Waals surface area contributed by atoms with E-state index in [1.165, 1.54) is 37.7 Å². The number of halogens is 2. The molecule has 2 aliphatic rings. The number of hydrogen-bond acceptors (Lipinski definition) is 1. The minimum Gasteiger partial charge on any atom is -0.374 e. The number of hydrogen-bond donors (Lipinski definition) is 0. The van der Waals surface area contributed by atoms with Crippen LogP contribution in [0, 0.1) is 11.8 Å². The van der Waals surface area contributed by atoms with Crippen LogP contribution in [0.4, 0.5) is 8.78 Å². The average molecular weight is 360 g/mol. The van der Waals surface area contributed by atoms with Crippen LogP contribution in [0.1, 0.15) is 62.0 Å². The molecule has 0 bridgehead atoms. The van der Waals surface area contributed by atoms with E-state index in [0.29, 0.717) is 18.8 Å². The van der Waals surface area contributed by atoms with Gasteiger partial charge in [-0.1, -0.05) is 30.3 Å². The first-order valence-electron chi connectivity index (χ1n) is 10.00. The topological polar surface area (TPSA) is 9.23 Å². The van der Waals surface area contributed by atoms with E-state index in [-0.39, 0.29) is 6.10 Å². The number of benzene rings is 1. The molecule has 0 spiro atoms. The Kier molecular flexibility index (Phi) is 7.01. The highest BCUT2D eigenvalue weighted by Crippen LogP contribution is 2.41. The summed E-state index contributed by atoms with van der Waals surface area (Å²) in [6, 6.07) is 8.62. The minimum absolute atomic E-state index is 0.262. The highest BCUT2D eigenvalue weighted by Gasteiger charge is 2.31. The van der Waals surface area contributed by atoms with Crippen molar-refractivity contribution in [2.24, 2.45) is 11.8 Å². The van der Waals surface area contributed by atoms with E-state index in [1.807, 2.05) is 6.08 Å². The quantitative estimate of drug-likeness (QED) is 0.516. The molecule has 2 unspecified atom stereocenters. The summed E-state index contributed by atoms with van der Waals surface area (Å²) >= 11 is 0. The van der Waals surface area contributed by atoms with E-state index in [2.05, 4.69) is 30.8 Å². The molecule has 26 heavy (non-hydrogen) atoms. The first-order chi connectivity index (χ1) is 12.7. The Labute approximate surface area is 156 Å². The molecule has 1 saturated carbocycles. The number of allylic oxidation sites excluding steroid dienone is 1. The Balaban J connectivity index is 1.46. The zero-order valence-corrected chi connectivity index (χ0v) is 15.5. The summed E-state index contributed by atoms with van der Waals surface area (Å²) in [6.07, 6.45) is 10.2. The van der Waals surface area contributed by atoms with Crippen molar-refractivity contribution in [3.8, 4) is 0 Å². The van der Waals surface area contributed by atoms with E-state index in [0.717, 1.165) is 36.5 Å². The predicted octanol–water partition coefficient (Wildman–Crippen LogP) is 6.65. The summed E-state index contributed by atoms with van der Waals surface area (Å²) in [5, 5.41) is 0. The second kappa shape index (κ2) is 9.45. The Morgan fingerprint density at radius 2 is 1.69 bits per heavy atom. The van der Waals surface area contributed by atoms with E-state index in [9.17, 15) is 8.78 Å². The van der Waals surface area contributed by atoms with Crippen molar-refractivity contribution in [2.75, 3.05) is 6.61 Å². The number of rotatable bonds is 6. The molecule has 2 atom stereocenters. The molecular formula is C23H30F2O. The van der Waals surface area contributed by atoms with Crippen LogP contribution in [0.3, 0.4) is 0 Å². The fourth-order valence-electron chi connectivity index (χ4n) is 4.58. The van der Waals surface area contributed by atoms with Crippen molar-refractivity contribution < 1.29 is 13.5 Å². The lowest BCUT2D eigenvalue weighted by Crippen LogP contribution is -2.31. The molecule has 1 aromatic rings. The van der Waals surface area contributed by atoms with Crippen molar-refractivity contribution in [1.29, 1.82) is 0 Å². The summed E-state index contributed by atoms with van der Waals surface area (Å²) in [4.78, 5) is 0. The second-order valence-corrected chi connectivity index (χ2v) is 7.83. The molecule has 3 rings (SSSR count). The summed E-state index contributed by atoms with van der Waals surface area (Å²) in [5.74, 6) is 2.17. The van der Waals surface area contributed by atoms with Gasteiger partial charge in [0.25, 0.3) is 6.08 Å². The first kappa shape index (κ1) is 19.3. The van der Waals surface area contributed by atoms with Gasteiger partial charge in [-0.2, -0.15) is 8.78 Å². The van der Waals surface area contributed by atoms with Crippen molar-refractivity contribution >= 4 is 0 Å². The maximum absolute atomic E-state index is 12.1. The van der Waals surface area contributed by atoms with E-state index < -0.39 is 6.08 Å². The minimum atomic E-state index is -1.58. The number of aryl methyl sites for hydroxylation is 1. The zero-order valence-electron chi connectivity index (χ0n) is 15.5. The molecule has 1 aliphatic heterocycles. The molecular weight excluding hydrogens is 330 g/mol. The van der Waals surface area contributed by atoms with Gasteiger partial charge in [0.05, 0.1) is 12.7 Å². The molecule has 1 heterocycles. The highest BCUT2D eigenvalue weighted by molar-refractivity contribution is 5.26. The van der Waals surface area contributed by atoms with Crippen LogP contribution >= 0.6 is 0 Å². The van der Waals surface area contributed by atoms with Crippen LogP contribution in [0.25, 0.3) is 0 Å². The largest absolute Gasteiger partial charge is 0.374 e. The maximum Gasteiger partial charge on any atom is 0.266 e. The van der Waals surface area contributed by atoms with Gasteiger partial charge in [-0.05, 0) is 86.3 Å². The van der Waals surface area contributed by atoms with Gasteiger partial charge in [0.2, 0.25) is 0 Å². The Morgan fingerprint density at radius 3 is 2.27 bits per heavy atom. The SMILES string of the molecule is C=CC1CCC(C2CCC(c3ccc(CCC=C(F)F)cc3)CC2)CO1. The van der Waals surface area contributed by atoms with Gasteiger partial charge in [0.15, 0.2) is 0 Å². The highest BCUT2D eigenvalue weighted by atomic mass is 19.3. The molecule has 0 aromatic heterocycles. The van der Waals surface area contributed by atoms with Gasteiger partial charge < -0.3 is 4.74 Å². The molecule has 1 aliphatic carbocycles. The maximum atomic E-state index is 12.1. The summed E-state index contributed by atoms with van der Waals surface area (Å²) in [6.45, 7) is 4.73. The smallest absolute Gasteiger partial charge is 0.266 e. The molecule has 142 valence electrons. The Bertz CT molecular complexity index is 587. The molecule has 1 nitrogen and oxygen atoms in total. The molecule has 0 radical (unpaired) electrons. The monoisotopic (exact) mass is 360 g/mol. The van der Waals surface area contributed by atoms with Crippen LogP contribution in [-0.2, 0) is 11.2 Å². The van der Waals surface area contributed by atoms with Crippen LogP contribution in [0.2, 0.25) is 0 Å². The van der Waals surface area contributed by atoms with Crippen LogP contribution in [-0.4, -0.2) is 12.7 Å². The lowest BCUT2D eigenvalue weighted by atomic mass is 9.72. The van der Waals surface area contributed by atoms with Crippen molar-refractivity contribution in [3.05, 3.63) is 60.2 Å². The third-order valence-corrected chi connectivity index (χ3v) is 6.23. The van der Waals surface area contributed by atoms with E-state index >= 15 is 0 Å². The van der Waals surface area contributed by atoms with Gasteiger partial charge in [-0.15, -0.1) is 6.58 Å². The van der Waals surface area contributed by atoms with Crippen LogP contribution in [0.5, 0.6) is 0 Å². The third-order valence-electron chi connectivity index (χ3n) is 6.23. The Hall–Kier alpha value is -1.48. The lowest BCUT2D eigenvalue weighted by molar-refractivity contribution is -0.0147. The molecule has 3 heteroatoms. The van der Waals surface area contributed by atoms with Crippen LogP contribution < -0.4 is 0 Å². The summed E-state index contributed by atoms with van der Waals surface area (Å²) < 4.78 is 30.1. The fraction of sp³-hybridized carbons (Fsp3) is 0.565. The predicted molar refractivity (Wildman–Crippen MR) is 102 cm³/mol. The third kappa shape index (κ3) is 5.26. The van der Waals surface area contributed by atoms with Crippen LogP contribution in [0.15, 0.2) is 49.1 Å². The van der Waals surface area contributed by atoms with Gasteiger partial charge in [-0.3, -0.25) is 0 Å². The molecule has 0 N–H and O–H groups in total. The number of ether oxygens (including phenoxy) is 1. The lowest BCUT2D eigenvalue weighted by Gasteiger charge is -2.37. The normalized spacial score (nSPS) is 29.2. The van der Waals surface area contributed by atoms with E-state index in [1.54, 1.807) is 0 Å². The van der Waals surface area contributed by atoms with Crippen molar-refractivity contribution in [2.45, 2.75) is 63.4 Å². The van der Waals surface area contributed by atoms with Crippen molar-refractivity contribution in [3.63, 3.8) is 0 Å². The summed E-state index contributed by atoms with van der Waals surface area (Å²) in [7, 11) is 0. The fourth-order valence-corrected chi connectivity index (χ4v) is 4.58. The summed E-state index contributed by atoms with van der Waals surface area (Å²) in [5.41, 5.74) is 2.54. The average Bonchev–Trinajstić information content (AvgIpc) is 2.68. The van der Waals surface area contributed by atoms with Gasteiger partial charge in [0, 0.05) is 0 Å². The van der Waals surface area contributed by atoms with Gasteiger partial charge in [0.1, 0.15) is 0 Å². The van der Waals surface area contributed by atoms with Gasteiger partial charge in [-0.25, -0.2) is 0 Å². The molecule has 1 saturated heterocycles. The molecule has 1 aromatic carbocycles. The zero-order chi connectivity index (χ0) is 18.4. The Morgan fingerprint density at radius 1 is 1.00 bits per heavy atom. The molecule has 2 fully saturated rings. The standard InChI is InChI=1S/C23H30F2O/c1-2-22-15-14-21(16-26-22)20-12-10-19(11-13-20)18-8-6-17(7-9-18)4-3-5-23(24)25/h2,5-9,19-22H,1,3-4,10-16H2. The second-order valence-electron chi connectivity index (χ2n) is 7.83. The first-order valence-corrected chi connectivity index (χ1v) is 10.00. The van der Waals surface area contributed by atoms with Gasteiger partial charge >= 0.3 is 0 Å².